The largest absolute Gasteiger partial charge is 0.462 e. The van der Waals surface area contributed by atoms with Gasteiger partial charge < -0.3 is 19.3 Å². The highest BCUT2D eigenvalue weighted by atomic mass is 16.6. The van der Waals surface area contributed by atoms with Crippen molar-refractivity contribution in [3.05, 3.63) is 11.6 Å². The predicted molar refractivity (Wildman–Crippen MR) is 130 cm³/mol. The molecule has 0 heterocycles. The molecule has 0 aromatic rings. The number of carbonyl (C=O) groups excluding carboxylic acids is 3. The third-order valence-corrected chi connectivity index (χ3v) is 8.64. The number of hydrogen-bond acceptors (Lipinski definition) is 7. The van der Waals surface area contributed by atoms with Crippen molar-refractivity contribution >= 4 is 17.9 Å². The van der Waals surface area contributed by atoms with Crippen LogP contribution in [-0.2, 0) is 28.6 Å². The first-order chi connectivity index (χ1) is 16.4. The van der Waals surface area contributed by atoms with Gasteiger partial charge in [0.05, 0.1) is 0 Å². The molecule has 0 amide bonds. The van der Waals surface area contributed by atoms with Crippen molar-refractivity contribution < 1.29 is 33.7 Å². The summed E-state index contributed by atoms with van der Waals surface area (Å²) in [4.78, 5) is 36.1. The Hall–Kier alpha value is -2.33. The van der Waals surface area contributed by atoms with E-state index in [0.29, 0.717) is 25.7 Å². The summed E-state index contributed by atoms with van der Waals surface area (Å²) in [5.74, 6) is 1.41. The van der Waals surface area contributed by atoms with Crippen molar-refractivity contribution in [2.24, 2.45) is 28.6 Å². The van der Waals surface area contributed by atoms with Crippen LogP contribution in [0.3, 0.4) is 0 Å². The molecule has 8 atom stereocenters. The van der Waals surface area contributed by atoms with Crippen molar-refractivity contribution in [1.82, 2.24) is 0 Å². The summed E-state index contributed by atoms with van der Waals surface area (Å²) in [6.07, 6.45) is 11.1. The second-order valence-corrected chi connectivity index (χ2v) is 11.1. The summed E-state index contributed by atoms with van der Waals surface area (Å²) < 4.78 is 17.4. The number of carbonyl (C=O) groups is 3. The first-order valence-corrected chi connectivity index (χ1v) is 12.7. The molecule has 0 aliphatic heterocycles. The highest BCUT2D eigenvalue weighted by Gasteiger charge is 2.62. The van der Waals surface area contributed by atoms with Crippen LogP contribution < -0.4 is 0 Å². The van der Waals surface area contributed by atoms with E-state index >= 15 is 0 Å². The molecule has 3 unspecified atom stereocenters. The minimum absolute atomic E-state index is 0.0165. The molecular weight excluding hydrogens is 448 g/mol. The van der Waals surface area contributed by atoms with E-state index in [1.165, 1.54) is 20.8 Å². The van der Waals surface area contributed by atoms with Gasteiger partial charge in [0.1, 0.15) is 18.3 Å². The molecule has 3 aliphatic rings. The van der Waals surface area contributed by atoms with Crippen molar-refractivity contribution in [2.75, 3.05) is 6.61 Å². The number of aliphatic hydroxyl groups excluding tert-OH is 1. The molecular formula is C28H40O7. The van der Waals surface area contributed by atoms with Crippen molar-refractivity contribution in [2.45, 2.75) is 97.9 Å². The third kappa shape index (κ3) is 5.58. The number of aliphatic hydroxyl groups is 1. The maximum atomic E-state index is 12.2. The Balaban J connectivity index is 2.13. The van der Waals surface area contributed by atoms with Crippen LogP contribution in [0, 0.1) is 40.9 Å². The number of esters is 3. The number of rotatable bonds is 7. The second kappa shape index (κ2) is 10.7. The summed E-state index contributed by atoms with van der Waals surface area (Å²) in [5, 5.41) is 10.6. The summed E-state index contributed by atoms with van der Waals surface area (Å²) in [7, 11) is 0. The first-order valence-electron chi connectivity index (χ1n) is 12.7. The fourth-order valence-electron chi connectivity index (χ4n) is 7.23. The van der Waals surface area contributed by atoms with E-state index in [4.69, 9.17) is 20.6 Å². The summed E-state index contributed by atoms with van der Waals surface area (Å²) >= 11 is 0. The number of terminal acetylenes is 1. The Morgan fingerprint density at radius 2 is 1.77 bits per heavy atom. The van der Waals surface area contributed by atoms with Gasteiger partial charge in [0.25, 0.3) is 0 Å². The van der Waals surface area contributed by atoms with Crippen LogP contribution in [0.25, 0.3) is 0 Å². The molecule has 0 spiro atoms. The summed E-state index contributed by atoms with van der Waals surface area (Å²) in [6, 6.07) is 0. The summed E-state index contributed by atoms with van der Waals surface area (Å²) in [5.41, 5.74) is 0.235. The zero-order valence-electron chi connectivity index (χ0n) is 21.7. The normalized spacial score (nSPS) is 38.1. The lowest BCUT2D eigenvalue weighted by Crippen LogP contribution is -2.62. The van der Waals surface area contributed by atoms with Crippen LogP contribution in [-0.4, -0.2) is 47.9 Å². The fourth-order valence-corrected chi connectivity index (χ4v) is 7.23. The van der Waals surface area contributed by atoms with E-state index < -0.39 is 17.6 Å². The molecule has 35 heavy (non-hydrogen) atoms. The van der Waals surface area contributed by atoms with Crippen LogP contribution in [0.15, 0.2) is 11.6 Å². The molecule has 3 aliphatic carbocycles. The highest BCUT2D eigenvalue weighted by Crippen LogP contribution is 2.63. The van der Waals surface area contributed by atoms with Crippen molar-refractivity contribution in [3.63, 3.8) is 0 Å². The lowest BCUT2D eigenvalue weighted by Gasteiger charge is -2.61. The van der Waals surface area contributed by atoms with Gasteiger partial charge in [0.2, 0.25) is 0 Å². The quantitative estimate of drug-likeness (QED) is 0.190. The van der Waals surface area contributed by atoms with Gasteiger partial charge in [-0.1, -0.05) is 19.4 Å². The molecule has 1 N–H and O–H groups in total. The Kier molecular flexibility index (Phi) is 8.36. The topological polar surface area (TPSA) is 99.1 Å². The standard InChI is InChI=1S/C28H40O7/c1-7-8-9-10-22-25-23(34-18(3)31)14-20-13-21(33-17(2)30)11-12-28(20,6)26(25)24(35-19(4)32)15-27(22,5)16-29/h1,14,21-26,29H,8-13,15-16H2,2-6H3/t21-,22?,23-,24+,25?,26?,27+,28-/m0/s1. The smallest absolute Gasteiger partial charge is 0.303 e. The number of ether oxygens (including phenoxy) is 3. The van der Waals surface area contributed by atoms with Crippen LogP contribution in [0.2, 0.25) is 0 Å². The van der Waals surface area contributed by atoms with Gasteiger partial charge >= 0.3 is 17.9 Å². The monoisotopic (exact) mass is 488 g/mol. The molecule has 7 nitrogen and oxygen atoms in total. The van der Waals surface area contributed by atoms with E-state index in [9.17, 15) is 19.5 Å². The van der Waals surface area contributed by atoms with Gasteiger partial charge in [-0.2, -0.15) is 0 Å². The zero-order chi connectivity index (χ0) is 26.0. The Morgan fingerprint density at radius 1 is 1.11 bits per heavy atom. The minimum Gasteiger partial charge on any atom is -0.462 e. The van der Waals surface area contributed by atoms with E-state index in [-0.39, 0.29) is 53.8 Å². The van der Waals surface area contributed by atoms with Crippen molar-refractivity contribution in [3.8, 4) is 12.3 Å². The lowest BCUT2D eigenvalue weighted by atomic mass is 9.45. The maximum absolute atomic E-state index is 12.2. The molecule has 0 aromatic heterocycles. The van der Waals surface area contributed by atoms with Gasteiger partial charge in [-0.25, -0.2) is 0 Å². The van der Waals surface area contributed by atoms with Crippen LogP contribution in [0.4, 0.5) is 0 Å². The molecule has 2 saturated carbocycles. The third-order valence-electron chi connectivity index (χ3n) is 8.64. The second-order valence-electron chi connectivity index (χ2n) is 11.1. The van der Waals surface area contributed by atoms with Gasteiger partial charge in [0.15, 0.2) is 0 Å². The maximum Gasteiger partial charge on any atom is 0.303 e. The molecule has 3 rings (SSSR count). The average Bonchev–Trinajstić information content (AvgIpc) is 2.75. The Morgan fingerprint density at radius 3 is 2.34 bits per heavy atom. The summed E-state index contributed by atoms with van der Waals surface area (Å²) in [6.45, 7) is 8.38. The first kappa shape index (κ1) is 27.3. The molecule has 0 bridgehead atoms. The van der Waals surface area contributed by atoms with E-state index in [0.717, 1.165) is 24.8 Å². The number of unbranched alkanes of at least 4 members (excludes halogenated alkanes) is 1. The molecule has 2 fully saturated rings. The Labute approximate surface area is 209 Å². The van der Waals surface area contributed by atoms with Crippen LogP contribution >= 0.6 is 0 Å². The minimum atomic E-state index is -0.531. The SMILES string of the molecule is C#CCCCC1C2C([C@H](OC(C)=O)C[C@]1(C)CO)[C@@]1(C)CC[C@H](OC(C)=O)CC1=C[C@@H]2OC(C)=O. The number of hydrogen-bond donors (Lipinski definition) is 1. The highest BCUT2D eigenvalue weighted by molar-refractivity contribution is 5.67. The van der Waals surface area contributed by atoms with E-state index in [2.05, 4.69) is 12.8 Å². The molecule has 0 radical (unpaired) electrons. The molecule has 0 saturated heterocycles. The zero-order valence-corrected chi connectivity index (χ0v) is 21.7. The predicted octanol–water partition coefficient (Wildman–Crippen LogP) is 3.97. The average molecular weight is 489 g/mol. The molecule has 0 aromatic carbocycles. The van der Waals surface area contributed by atoms with Gasteiger partial charge in [-0.05, 0) is 54.9 Å². The fraction of sp³-hybridized carbons (Fsp3) is 0.750. The van der Waals surface area contributed by atoms with Gasteiger partial charge in [0, 0.05) is 52.1 Å². The van der Waals surface area contributed by atoms with Gasteiger partial charge in [-0.3, -0.25) is 14.4 Å². The van der Waals surface area contributed by atoms with Crippen LogP contribution in [0.5, 0.6) is 0 Å². The molecule has 7 heteroatoms. The Bertz CT molecular complexity index is 901. The van der Waals surface area contributed by atoms with Crippen LogP contribution in [0.1, 0.15) is 79.6 Å². The van der Waals surface area contributed by atoms with Gasteiger partial charge in [-0.15, -0.1) is 12.3 Å². The number of fused-ring (bicyclic) bond motifs is 3. The van der Waals surface area contributed by atoms with Crippen molar-refractivity contribution in [1.29, 1.82) is 0 Å². The molecule has 194 valence electrons. The van der Waals surface area contributed by atoms with E-state index in [1.54, 1.807) is 0 Å². The lowest BCUT2D eigenvalue weighted by molar-refractivity contribution is -0.197. The van der Waals surface area contributed by atoms with E-state index in [1.807, 2.05) is 13.0 Å².